The molecule has 0 saturated heterocycles. The summed E-state index contributed by atoms with van der Waals surface area (Å²) in [6.45, 7) is 3.25. The maximum absolute atomic E-state index is 7.75. The van der Waals surface area contributed by atoms with Crippen LogP contribution in [0.15, 0.2) is 0 Å². The smallest absolute Gasteiger partial charge is 0.545 e. The maximum atomic E-state index is 7.75. The molecule has 0 atom stereocenters. The molecule has 0 aliphatic heterocycles. The second-order valence-corrected chi connectivity index (χ2v) is 0. The van der Waals surface area contributed by atoms with Gasteiger partial charge in [0.25, 0.3) is 0 Å². The fourth-order valence-corrected chi connectivity index (χ4v) is 0. The number of hydrogen-bond acceptors (Lipinski definition) is 1. The van der Waals surface area contributed by atoms with Crippen molar-refractivity contribution in [3.05, 3.63) is 14.9 Å². The second-order valence-electron chi connectivity index (χ2n) is 0. The minimum absolute atomic E-state index is 0. The monoisotopic (exact) mass is 207 g/mol. The molecule has 3 heteroatoms. The summed E-state index contributed by atoms with van der Waals surface area (Å²) in [5, 5.41) is 0. The van der Waals surface area contributed by atoms with Gasteiger partial charge in [0.05, 0.1) is 0 Å². The van der Waals surface area contributed by atoms with Crippen LogP contribution >= 0.6 is 0 Å². The summed E-state index contributed by atoms with van der Waals surface area (Å²) in [5.74, 6) is 0. The van der Waals surface area contributed by atoms with Crippen LogP contribution in [-0.2, 0) is 54.3 Å². The van der Waals surface area contributed by atoms with Gasteiger partial charge in [-0.3, -0.25) is 6.79 Å². The van der Waals surface area contributed by atoms with Crippen molar-refractivity contribution in [2.75, 3.05) is 0 Å². The summed E-state index contributed by atoms with van der Waals surface area (Å²) in [4.78, 5) is 7.75. The zero-order valence-electron chi connectivity index (χ0n) is 3.90. The summed E-state index contributed by atoms with van der Waals surface area (Å²) in [5.41, 5.74) is 0. The van der Waals surface area contributed by atoms with Gasteiger partial charge in [0.1, 0.15) is 0 Å². The summed E-state index contributed by atoms with van der Waals surface area (Å²) in [6, 6.07) is 0. The van der Waals surface area contributed by atoms with Crippen molar-refractivity contribution < 1.29 is 54.3 Å². The minimum Gasteiger partial charge on any atom is -0.545 e. The molecule has 0 aliphatic carbocycles. The second kappa shape index (κ2) is 107. The molecular formula is C3H7CoOY-. The fourth-order valence-electron chi connectivity index (χ4n) is 0. The predicted octanol–water partition coefficient (Wildman–Crippen LogP) is 0.621. The predicted molar refractivity (Wildman–Crippen MR) is 19.6 cm³/mol. The summed E-state index contributed by atoms with van der Waals surface area (Å²) in [6.07, 6.45) is 0. The quantitative estimate of drug-likeness (QED) is 0.420. The Balaban J connectivity index is -0.000000000833. The molecule has 0 fully saturated rings. The van der Waals surface area contributed by atoms with Crippen LogP contribution in [0.3, 0.4) is 0 Å². The van der Waals surface area contributed by atoms with Crippen LogP contribution in [0.2, 0.25) is 0 Å². The van der Waals surface area contributed by atoms with Gasteiger partial charge in [0.2, 0.25) is 0 Å². The average molecular weight is 207 g/mol. The Hall–Kier alpha value is 1.28. The van der Waals surface area contributed by atoms with Crippen LogP contribution in [0.4, 0.5) is 0 Å². The van der Waals surface area contributed by atoms with E-state index in [-0.39, 0.29) is 64.3 Å². The van der Waals surface area contributed by atoms with Gasteiger partial charge in [-0.2, -0.15) is 0 Å². The van der Waals surface area contributed by atoms with Gasteiger partial charge in [0, 0.05) is 32.7 Å². The molecular weight excluding hydrogens is 200 g/mol. The zero-order chi connectivity index (χ0) is 2.00. The number of hydrogen-bond donors (Lipinski definition) is 0. The molecule has 6 heavy (non-hydrogen) atoms. The third-order valence-electron chi connectivity index (χ3n) is 0. The third kappa shape index (κ3) is 59.0. The first-order chi connectivity index (χ1) is 1.00. The minimum atomic E-state index is 0. The molecule has 0 unspecified atom stereocenters. The molecule has 0 aromatic heterocycles. The SMILES string of the molecule is [CH-]=O.[CH3-].[CH3-].[Co+2].[Y]. The van der Waals surface area contributed by atoms with Crippen molar-refractivity contribution in [2.45, 2.75) is 0 Å². The Bertz CT molecular complexity index is 10.8. The van der Waals surface area contributed by atoms with E-state index in [4.69, 9.17) is 4.79 Å². The van der Waals surface area contributed by atoms with Crippen LogP contribution in [-0.4, -0.2) is 6.79 Å². The van der Waals surface area contributed by atoms with E-state index >= 15 is 0 Å². The van der Waals surface area contributed by atoms with Gasteiger partial charge < -0.3 is 19.6 Å². The summed E-state index contributed by atoms with van der Waals surface area (Å²) < 4.78 is 0. The van der Waals surface area contributed by atoms with Gasteiger partial charge in [0.15, 0.2) is 0 Å². The molecule has 0 N–H and O–H groups in total. The molecule has 2 radical (unpaired) electrons. The van der Waals surface area contributed by atoms with E-state index in [9.17, 15) is 0 Å². The maximum Gasteiger partial charge on any atom is 2.00 e. The van der Waals surface area contributed by atoms with Crippen LogP contribution in [0.25, 0.3) is 0 Å². The molecule has 0 aromatic rings. The Morgan fingerprint density at radius 3 is 1.00 bits per heavy atom. The van der Waals surface area contributed by atoms with Crippen LogP contribution in [0.1, 0.15) is 0 Å². The molecule has 0 spiro atoms. The molecule has 0 aromatic carbocycles. The van der Waals surface area contributed by atoms with Gasteiger partial charge in [-0.05, 0) is 0 Å². The summed E-state index contributed by atoms with van der Waals surface area (Å²) in [7, 11) is 0. The molecule has 0 aliphatic rings. The molecule has 0 heterocycles. The third-order valence-corrected chi connectivity index (χ3v) is 0. The molecule has 38 valence electrons. The van der Waals surface area contributed by atoms with Gasteiger partial charge in [-0.1, -0.05) is 0 Å². The normalized spacial score (nSPS) is 0.667. The van der Waals surface area contributed by atoms with Crippen molar-refractivity contribution in [2.24, 2.45) is 0 Å². The molecule has 0 amide bonds. The van der Waals surface area contributed by atoms with Crippen molar-refractivity contribution in [3.8, 4) is 0 Å². The van der Waals surface area contributed by atoms with Gasteiger partial charge in [-0.15, -0.1) is 0 Å². The first-order valence-electron chi connectivity index (χ1n) is 0.236. The van der Waals surface area contributed by atoms with E-state index in [0.29, 0.717) is 0 Å². The Labute approximate surface area is 75.3 Å². The van der Waals surface area contributed by atoms with E-state index in [0.717, 1.165) is 0 Å². The van der Waals surface area contributed by atoms with E-state index in [1.807, 2.05) is 0 Å². The Morgan fingerprint density at radius 1 is 1.00 bits per heavy atom. The van der Waals surface area contributed by atoms with Crippen molar-refractivity contribution in [1.82, 2.24) is 0 Å². The zero-order valence-corrected chi connectivity index (χ0v) is 7.78. The van der Waals surface area contributed by atoms with E-state index in [1.165, 1.54) is 0 Å². The molecule has 0 rings (SSSR count). The van der Waals surface area contributed by atoms with Crippen molar-refractivity contribution in [1.29, 1.82) is 0 Å². The topological polar surface area (TPSA) is 17.1 Å². The average Bonchev–Trinajstić information content (AvgIpc) is 1.00. The van der Waals surface area contributed by atoms with E-state index < -0.39 is 0 Å². The molecule has 0 saturated carbocycles. The first kappa shape index (κ1) is 55.2. The Kier molecular flexibility index (Phi) is 983. The van der Waals surface area contributed by atoms with Crippen molar-refractivity contribution in [3.63, 3.8) is 0 Å². The molecule has 0 bridgehead atoms. The first-order valence-corrected chi connectivity index (χ1v) is 0.236. The fraction of sp³-hybridized carbons (Fsp3) is 0. The van der Waals surface area contributed by atoms with Crippen LogP contribution in [0, 0.1) is 14.9 Å². The van der Waals surface area contributed by atoms with E-state index in [2.05, 4.69) is 6.79 Å². The van der Waals surface area contributed by atoms with Crippen molar-refractivity contribution >= 4 is 6.79 Å². The Morgan fingerprint density at radius 2 is 1.00 bits per heavy atom. The number of rotatable bonds is 0. The van der Waals surface area contributed by atoms with Gasteiger partial charge in [-0.25, -0.2) is 0 Å². The summed E-state index contributed by atoms with van der Waals surface area (Å²) >= 11 is 0. The van der Waals surface area contributed by atoms with Gasteiger partial charge >= 0.3 is 16.8 Å². The largest absolute Gasteiger partial charge is 2.00 e. The number of carbonyl (C=O) groups excluding carboxylic acids is 1. The van der Waals surface area contributed by atoms with Crippen LogP contribution < -0.4 is 0 Å². The molecule has 1 nitrogen and oxygen atoms in total. The standard InChI is InChI=1S/CHO.2CH3.Co.Y/c1-2;;;;/h1H;2*1H3;;/q3*-1;+2;. The van der Waals surface area contributed by atoms with Crippen LogP contribution in [0.5, 0.6) is 0 Å². The van der Waals surface area contributed by atoms with E-state index in [1.54, 1.807) is 0 Å².